The van der Waals surface area contributed by atoms with Gasteiger partial charge in [0.15, 0.2) is 16.7 Å². The van der Waals surface area contributed by atoms with Crippen molar-refractivity contribution in [3.8, 4) is 5.75 Å². The molecule has 1 atom stereocenters. The number of aromatic nitrogens is 2. The number of halogens is 1. The molecule has 3 N–H and O–H groups in total. The molecule has 2 aliphatic heterocycles. The van der Waals surface area contributed by atoms with Gasteiger partial charge in [0.25, 0.3) is 0 Å². The molecule has 0 spiro atoms. The number of rotatable bonds is 4. The number of piperazine rings is 1. The Balaban J connectivity index is 1.37. The molecule has 1 aromatic heterocycles. The van der Waals surface area contributed by atoms with E-state index in [1.165, 1.54) is 4.90 Å². The van der Waals surface area contributed by atoms with Crippen molar-refractivity contribution in [2.75, 3.05) is 54.8 Å². The molecule has 1 amide bonds. The molecule has 0 bridgehead atoms. The molecule has 30 heavy (non-hydrogen) atoms. The quantitative estimate of drug-likeness (QED) is 0.758. The fourth-order valence-electron chi connectivity index (χ4n) is 3.93. The van der Waals surface area contributed by atoms with Crippen LogP contribution < -0.4 is 20.3 Å². The number of amides is 1. The van der Waals surface area contributed by atoms with Gasteiger partial charge in [-0.2, -0.15) is 0 Å². The van der Waals surface area contributed by atoms with Crippen molar-refractivity contribution < 1.29 is 14.6 Å². The fourth-order valence-corrected chi connectivity index (χ4v) is 4.07. The van der Waals surface area contributed by atoms with E-state index in [2.05, 4.69) is 44.3 Å². The second kappa shape index (κ2) is 8.83. The highest BCUT2D eigenvalue weighted by molar-refractivity contribution is 6.29. The van der Waals surface area contributed by atoms with Gasteiger partial charge in [-0.3, -0.25) is 0 Å². The summed E-state index contributed by atoms with van der Waals surface area (Å²) in [6, 6.07) is 10.0. The number of hydrogen-bond donors (Lipinski definition) is 2. The zero-order valence-corrected chi connectivity index (χ0v) is 17.3. The first-order chi connectivity index (χ1) is 14.5. The highest BCUT2D eigenvalue weighted by Crippen LogP contribution is 2.28. The van der Waals surface area contributed by atoms with Crippen molar-refractivity contribution in [3.63, 3.8) is 0 Å². The number of carbonyl (C=O) groups is 1. The Kier molecular flexibility index (Phi) is 5.98. The summed E-state index contributed by atoms with van der Waals surface area (Å²) in [6.07, 6.45) is 1.08. The molecule has 160 valence electrons. The minimum atomic E-state index is -0.849. The topological polar surface area (TPSA) is 108 Å². The summed E-state index contributed by atoms with van der Waals surface area (Å²) in [5.41, 5.74) is 8.10. The second-order valence-corrected chi connectivity index (χ2v) is 7.90. The highest BCUT2D eigenvalue weighted by Gasteiger charge is 2.24. The van der Waals surface area contributed by atoms with Crippen LogP contribution in [0, 0.1) is 0 Å². The van der Waals surface area contributed by atoms with Crippen molar-refractivity contribution in [2.45, 2.75) is 18.9 Å². The normalized spacial score (nSPS) is 19.6. The van der Waals surface area contributed by atoms with Gasteiger partial charge in [-0.05, 0) is 37.1 Å². The molecule has 0 aliphatic carbocycles. The molecule has 1 aromatic carbocycles. The predicted octanol–water partition coefficient (Wildman–Crippen LogP) is 2.56. The Morgan fingerprint density at radius 1 is 1.07 bits per heavy atom. The molecule has 1 unspecified atom stereocenters. The maximum absolute atomic E-state index is 11.1. The molecule has 2 saturated heterocycles. The van der Waals surface area contributed by atoms with Crippen molar-refractivity contribution in [2.24, 2.45) is 0 Å². The lowest BCUT2D eigenvalue weighted by Crippen LogP contribution is -2.48. The van der Waals surface area contributed by atoms with Gasteiger partial charge in [0.05, 0.1) is 6.54 Å². The molecule has 2 fully saturated rings. The van der Waals surface area contributed by atoms with Crippen molar-refractivity contribution in [1.29, 1.82) is 0 Å². The van der Waals surface area contributed by atoms with Crippen molar-refractivity contribution >= 4 is 34.9 Å². The van der Waals surface area contributed by atoms with Crippen LogP contribution in [0.5, 0.6) is 5.75 Å². The van der Waals surface area contributed by atoms with E-state index >= 15 is 0 Å². The predicted molar refractivity (Wildman–Crippen MR) is 116 cm³/mol. The second-order valence-electron chi connectivity index (χ2n) is 7.52. The van der Waals surface area contributed by atoms with Crippen LogP contribution in [0.2, 0.25) is 5.15 Å². The van der Waals surface area contributed by atoms with Crippen molar-refractivity contribution in [3.05, 3.63) is 35.5 Å². The Morgan fingerprint density at radius 3 is 2.40 bits per heavy atom. The summed E-state index contributed by atoms with van der Waals surface area (Å²) >= 11 is 5.91. The van der Waals surface area contributed by atoms with E-state index in [0.29, 0.717) is 31.9 Å². The van der Waals surface area contributed by atoms with E-state index < -0.39 is 6.09 Å². The van der Waals surface area contributed by atoms with Crippen LogP contribution >= 0.6 is 11.6 Å². The summed E-state index contributed by atoms with van der Waals surface area (Å²) in [7, 11) is 0. The number of benzene rings is 1. The molecular formula is C20H25ClN6O3. The zero-order valence-electron chi connectivity index (χ0n) is 16.6. The third-order valence-corrected chi connectivity index (χ3v) is 5.74. The van der Waals surface area contributed by atoms with E-state index in [4.69, 9.17) is 27.2 Å². The number of nitrogens with zero attached hydrogens (tertiary/aromatic N) is 5. The number of nitrogens with two attached hydrogens (primary N) is 1. The third-order valence-electron chi connectivity index (χ3n) is 5.56. The third kappa shape index (κ3) is 4.62. The average Bonchev–Trinajstić information content (AvgIpc) is 2.77. The molecule has 2 aromatic rings. The van der Waals surface area contributed by atoms with E-state index in [9.17, 15) is 4.79 Å². The fraction of sp³-hybridized carbons (Fsp3) is 0.450. The van der Waals surface area contributed by atoms with Crippen LogP contribution in [0.3, 0.4) is 0 Å². The SMILES string of the molecule is Nc1nnc(Cl)cc1OC1CCCN(c2ccc(N3CCN(C(=O)O)CC3)cc2)C1. The first-order valence-electron chi connectivity index (χ1n) is 10.0. The Labute approximate surface area is 180 Å². The Morgan fingerprint density at radius 2 is 1.73 bits per heavy atom. The number of anilines is 3. The molecule has 4 rings (SSSR count). The lowest BCUT2D eigenvalue weighted by atomic mass is 10.1. The summed E-state index contributed by atoms with van der Waals surface area (Å²) < 4.78 is 6.05. The molecular weight excluding hydrogens is 408 g/mol. The number of ether oxygens (including phenoxy) is 1. The van der Waals surface area contributed by atoms with Gasteiger partial charge in [-0.1, -0.05) is 11.6 Å². The van der Waals surface area contributed by atoms with E-state index in [1.54, 1.807) is 6.07 Å². The van der Waals surface area contributed by atoms with Gasteiger partial charge < -0.3 is 30.3 Å². The molecule has 2 aliphatic rings. The molecule has 0 saturated carbocycles. The number of carboxylic acid groups (broad SMARTS) is 1. The summed E-state index contributed by atoms with van der Waals surface area (Å²) in [4.78, 5) is 17.0. The van der Waals surface area contributed by atoms with Gasteiger partial charge >= 0.3 is 6.09 Å². The number of nitrogen functional groups attached to an aromatic ring is 1. The molecule has 0 radical (unpaired) electrons. The average molecular weight is 433 g/mol. The van der Waals surface area contributed by atoms with E-state index in [-0.39, 0.29) is 17.1 Å². The van der Waals surface area contributed by atoms with Crippen LogP contribution in [0.15, 0.2) is 30.3 Å². The molecule has 10 heteroatoms. The lowest BCUT2D eigenvalue weighted by Gasteiger charge is -2.36. The largest absolute Gasteiger partial charge is 0.485 e. The Hall–Kier alpha value is -2.94. The summed E-state index contributed by atoms with van der Waals surface area (Å²) in [5, 5.41) is 16.9. The monoisotopic (exact) mass is 432 g/mol. The first kappa shape index (κ1) is 20.3. The maximum atomic E-state index is 11.1. The van der Waals surface area contributed by atoms with Crippen LogP contribution in [0.4, 0.5) is 22.0 Å². The van der Waals surface area contributed by atoms with Gasteiger partial charge in [-0.15, -0.1) is 10.2 Å². The van der Waals surface area contributed by atoms with Gasteiger partial charge in [0.2, 0.25) is 0 Å². The van der Waals surface area contributed by atoms with Gasteiger partial charge in [0.1, 0.15) is 6.10 Å². The lowest BCUT2D eigenvalue weighted by molar-refractivity contribution is 0.142. The van der Waals surface area contributed by atoms with E-state index in [1.807, 2.05) is 0 Å². The minimum Gasteiger partial charge on any atom is -0.485 e. The van der Waals surface area contributed by atoms with Crippen LogP contribution in [0.25, 0.3) is 0 Å². The van der Waals surface area contributed by atoms with Gasteiger partial charge in [0, 0.05) is 50.2 Å². The Bertz CT molecular complexity index is 889. The molecule has 3 heterocycles. The van der Waals surface area contributed by atoms with Crippen LogP contribution in [-0.2, 0) is 0 Å². The summed E-state index contributed by atoms with van der Waals surface area (Å²) in [5.74, 6) is 0.710. The minimum absolute atomic E-state index is 0.00918. The standard InChI is InChI=1S/C20H25ClN6O3/c21-18-12-17(19(22)24-23-18)30-16-2-1-7-27(13-16)15-5-3-14(4-6-15)25-8-10-26(11-9-25)20(28)29/h3-6,12,16H,1-2,7-11,13H2,(H2,22,24)(H,28,29). The smallest absolute Gasteiger partial charge is 0.407 e. The molecule has 9 nitrogen and oxygen atoms in total. The van der Waals surface area contributed by atoms with Crippen LogP contribution in [0.1, 0.15) is 12.8 Å². The van der Waals surface area contributed by atoms with Crippen molar-refractivity contribution in [1.82, 2.24) is 15.1 Å². The van der Waals surface area contributed by atoms with Gasteiger partial charge in [-0.25, -0.2) is 4.79 Å². The number of hydrogen-bond acceptors (Lipinski definition) is 7. The maximum Gasteiger partial charge on any atom is 0.407 e. The number of piperidine rings is 1. The van der Waals surface area contributed by atoms with E-state index in [0.717, 1.165) is 37.3 Å². The van der Waals surface area contributed by atoms with Crippen LogP contribution in [-0.4, -0.2) is 71.7 Å². The first-order valence-corrected chi connectivity index (χ1v) is 10.4. The summed E-state index contributed by atoms with van der Waals surface area (Å²) in [6.45, 7) is 4.17. The zero-order chi connectivity index (χ0) is 21.1. The highest BCUT2D eigenvalue weighted by atomic mass is 35.5.